The van der Waals surface area contributed by atoms with Crippen molar-refractivity contribution in [2.75, 3.05) is 7.11 Å². The molecular formula is C39H54O3. The van der Waals surface area contributed by atoms with Crippen LogP contribution in [0.5, 0.6) is 0 Å². The number of hydrogen-bond donors (Lipinski definition) is 0. The van der Waals surface area contributed by atoms with Crippen LogP contribution >= 0.6 is 0 Å². The van der Waals surface area contributed by atoms with Crippen LogP contribution in [0, 0.1) is 56.7 Å². The summed E-state index contributed by atoms with van der Waals surface area (Å²) in [5, 5.41) is 0. The van der Waals surface area contributed by atoms with Gasteiger partial charge in [-0.05, 0) is 146 Å². The van der Waals surface area contributed by atoms with Crippen molar-refractivity contribution in [1.82, 2.24) is 0 Å². The molecular weight excluding hydrogens is 516 g/mol. The topological polar surface area (TPSA) is 43.4 Å². The van der Waals surface area contributed by atoms with Crippen molar-refractivity contribution >= 4 is 17.3 Å². The summed E-state index contributed by atoms with van der Waals surface area (Å²) in [6.45, 7) is 21.5. The van der Waals surface area contributed by atoms with Crippen LogP contribution in [0.25, 0.3) is 5.57 Å². The Hall–Kier alpha value is -2.16. The van der Waals surface area contributed by atoms with Crippen LogP contribution in [-0.4, -0.2) is 18.9 Å². The van der Waals surface area contributed by atoms with E-state index >= 15 is 0 Å². The summed E-state index contributed by atoms with van der Waals surface area (Å²) in [5.74, 6) is 3.03. The minimum absolute atomic E-state index is 0.0473. The Morgan fingerprint density at radius 2 is 1.52 bits per heavy atom. The highest BCUT2D eigenvalue weighted by atomic mass is 16.5. The Morgan fingerprint density at radius 1 is 0.833 bits per heavy atom. The van der Waals surface area contributed by atoms with Crippen LogP contribution < -0.4 is 0 Å². The predicted molar refractivity (Wildman–Crippen MR) is 171 cm³/mol. The first kappa shape index (κ1) is 29.9. The molecule has 4 saturated carbocycles. The lowest BCUT2D eigenvalue weighted by Crippen LogP contribution is -2.65. The van der Waals surface area contributed by atoms with E-state index in [9.17, 15) is 9.59 Å². The number of ketones is 1. The number of rotatable bonds is 4. The normalized spacial score (nSPS) is 43.6. The van der Waals surface area contributed by atoms with E-state index in [1.54, 1.807) is 0 Å². The highest BCUT2D eigenvalue weighted by Crippen LogP contribution is 2.77. The molecule has 0 saturated heterocycles. The van der Waals surface area contributed by atoms with E-state index in [-0.39, 0.29) is 33.0 Å². The molecule has 5 aliphatic rings. The maximum absolute atomic E-state index is 13.4. The summed E-state index contributed by atoms with van der Waals surface area (Å²) < 4.78 is 4.94. The zero-order valence-corrected chi connectivity index (χ0v) is 27.6. The molecule has 0 N–H and O–H groups in total. The first-order valence-electron chi connectivity index (χ1n) is 16.7. The molecule has 228 valence electrons. The van der Waals surface area contributed by atoms with Gasteiger partial charge in [-0.15, -0.1) is 0 Å². The lowest BCUT2D eigenvalue weighted by atomic mass is 9.32. The molecule has 9 atom stereocenters. The summed E-state index contributed by atoms with van der Waals surface area (Å²) >= 11 is 0. The Bertz CT molecular complexity index is 1330. The molecule has 0 heterocycles. The molecule has 1 aromatic rings. The van der Waals surface area contributed by atoms with E-state index in [4.69, 9.17) is 4.74 Å². The van der Waals surface area contributed by atoms with Gasteiger partial charge in [0.15, 0.2) is 0 Å². The minimum Gasteiger partial charge on any atom is -0.465 e. The van der Waals surface area contributed by atoms with E-state index < -0.39 is 0 Å². The molecule has 42 heavy (non-hydrogen) atoms. The summed E-state index contributed by atoms with van der Waals surface area (Å²) in [5.41, 5.74) is 5.29. The highest BCUT2D eigenvalue weighted by molar-refractivity contribution is 5.90. The number of esters is 1. The maximum Gasteiger partial charge on any atom is 0.337 e. The smallest absolute Gasteiger partial charge is 0.337 e. The highest BCUT2D eigenvalue weighted by Gasteiger charge is 2.71. The zero-order chi connectivity index (χ0) is 30.5. The van der Waals surface area contributed by atoms with Gasteiger partial charge in [0, 0.05) is 5.41 Å². The van der Waals surface area contributed by atoms with Gasteiger partial charge in [-0.2, -0.15) is 0 Å². The van der Waals surface area contributed by atoms with E-state index in [0.717, 1.165) is 25.7 Å². The molecule has 0 unspecified atom stereocenters. The number of fused-ring (bicyclic) bond motifs is 7. The Morgan fingerprint density at radius 3 is 2.14 bits per heavy atom. The number of carbonyl (C=O) groups excluding carboxylic acids is 2. The van der Waals surface area contributed by atoms with Gasteiger partial charge in [-0.3, -0.25) is 4.79 Å². The maximum atomic E-state index is 13.4. The summed E-state index contributed by atoms with van der Waals surface area (Å²) in [6, 6.07) is 8.06. The molecule has 1 aromatic carbocycles. The van der Waals surface area contributed by atoms with Crippen molar-refractivity contribution in [2.45, 2.75) is 106 Å². The molecule has 3 heteroatoms. The van der Waals surface area contributed by atoms with Crippen molar-refractivity contribution in [1.29, 1.82) is 0 Å². The van der Waals surface area contributed by atoms with Crippen LogP contribution in [0.15, 0.2) is 42.5 Å². The molecule has 3 nitrogen and oxygen atoms in total. The van der Waals surface area contributed by atoms with Gasteiger partial charge in [0.2, 0.25) is 0 Å². The van der Waals surface area contributed by atoms with Crippen LogP contribution in [0.2, 0.25) is 0 Å². The summed E-state index contributed by atoms with van der Waals surface area (Å²) in [7, 11) is 1.44. The van der Waals surface area contributed by atoms with Gasteiger partial charge in [-0.25, -0.2) is 4.79 Å². The van der Waals surface area contributed by atoms with Gasteiger partial charge in [0.05, 0.1) is 12.7 Å². The van der Waals surface area contributed by atoms with Crippen LogP contribution in [0.1, 0.15) is 122 Å². The summed E-state index contributed by atoms with van der Waals surface area (Å²) in [4.78, 5) is 25.4. The first-order valence-corrected chi connectivity index (χ1v) is 16.7. The number of methoxy groups -OCH3 is 1. The van der Waals surface area contributed by atoms with Gasteiger partial charge in [0.25, 0.3) is 0 Å². The fourth-order valence-corrected chi connectivity index (χ4v) is 12.7. The van der Waals surface area contributed by atoms with Crippen molar-refractivity contribution < 1.29 is 14.3 Å². The first-order chi connectivity index (χ1) is 19.7. The van der Waals surface area contributed by atoms with Crippen molar-refractivity contribution in [3.05, 3.63) is 53.6 Å². The number of ether oxygens (including phenoxy) is 1. The van der Waals surface area contributed by atoms with Crippen molar-refractivity contribution in [3.8, 4) is 0 Å². The largest absolute Gasteiger partial charge is 0.465 e. The van der Waals surface area contributed by atoms with E-state index in [0.29, 0.717) is 40.9 Å². The SMILES string of the molecule is C=C(C)[C@@H]1CC[C@]2(C(C)=O)CC[C@]3(C)[C@H](CC[C@@H]4[C@@]5(C)CC=C(c6ccc(C(=O)OC)cc6)C(C)(C)[C@@H]5CC[C@]43C)[C@@H]12. The quantitative estimate of drug-likeness (QED) is 0.267. The lowest BCUT2D eigenvalue weighted by Gasteiger charge is -2.72. The average Bonchev–Trinajstić information content (AvgIpc) is 3.34. The molecule has 0 aromatic heterocycles. The van der Waals surface area contributed by atoms with E-state index in [1.165, 1.54) is 55.9 Å². The Balaban J connectivity index is 1.36. The van der Waals surface area contributed by atoms with E-state index in [1.807, 2.05) is 19.1 Å². The van der Waals surface area contributed by atoms with Gasteiger partial charge in [-0.1, -0.05) is 65.0 Å². The Labute approximate surface area is 255 Å². The van der Waals surface area contributed by atoms with Crippen molar-refractivity contribution in [3.63, 3.8) is 0 Å². The second-order valence-electron chi connectivity index (χ2n) is 16.5. The van der Waals surface area contributed by atoms with Crippen LogP contribution in [0.4, 0.5) is 0 Å². The average molecular weight is 571 g/mol. The molecule has 0 aliphatic heterocycles. The second-order valence-corrected chi connectivity index (χ2v) is 16.5. The third-order valence-corrected chi connectivity index (χ3v) is 15.0. The molecule has 0 spiro atoms. The van der Waals surface area contributed by atoms with Crippen LogP contribution in [0.3, 0.4) is 0 Å². The fourth-order valence-electron chi connectivity index (χ4n) is 12.7. The molecule has 4 fully saturated rings. The predicted octanol–water partition coefficient (Wildman–Crippen LogP) is 9.71. The fraction of sp³-hybridized carbons (Fsp3) is 0.692. The number of hydrogen-bond acceptors (Lipinski definition) is 3. The van der Waals surface area contributed by atoms with Gasteiger partial charge >= 0.3 is 5.97 Å². The molecule has 0 amide bonds. The van der Waals surface area contributed by atoms with E-state index in [2.05, 4.69) is 66.3 Å². The minimum atomic E-state index is -0.280. The molecule has 0 bridgehead atoms. The standard InChI is InChI=1S/C39H54O3/c1-24(2)28-16-21-39(25(3)40)23-22-37(7)30(33(28)39)14-15-32-36(6)19-17-29(26-10-12-27(13-11-26)34(41)42-9)35(4,5)31(36)18-20-38(32,37)8/h10-13,17,28,30-33H,1,14-16,18-23H2,2-9H3/t28-,30+,31-,32+,33+,36-,37+,38+,39+/m0/s1. The van der Waals surface area contributed by atoms with Gasteiger partial charge < -0.3 is 4.74 Å². The molecule has 5 aliphatic carbocycles. The number of benzene rings is 1. The molecule has 0 radical (unpaired) electrons. The monoisotopic (exact) mass is 570 g/mol. The zero-order valence-electron chi connectivity index (χ0n) is 27.6. The third-order valence-electron chi connectivity index (χ3n) is 15.0. The number of Topliss-reactive ketones (excluding diaryl/α,β-unsaturated/α-hetero) is 1. The second kappa shape index (κ2) is 9.67. The number of allylic oxidation sites excluding steroid dienone is 3. The third kappa shape index (κ3) is 3.76. The number of carbonyl (C=O) groups is 2. The Kier molecular flexibility index (Phi) is 6.88. The van der Waals surface area contributed by atoms with Crippen molar-refractivity contribution in [2.24, 2.45) is 56.7 Å². The molecule has 6 rings (SSSR count). The summed E-state index contributed by atoms with van der Waals surface area (Å²) in [6.07, 6.45) is 13.2. The van der Waals surface area contributed by atoms with Crippen LogP contribution in [-0.2, 0) is 9.53 Å². The van der Waals surface area contributed by atoms with Gasteiger partial charge in [0.1, 0.15) is 5.78 Å². The lowest BCUT2D eigenvalue weighted by molar-refractivity contribution is -0.224.